The number of carbonyl (C=O) groups is 1. The van der Waals surface area contributed by atoms with Crippen molar-refractivity contribution in [2.75, 3.05) is 31.6 Å². The van der Waals surface area contributed by atoms with Crippen molar-refractivity contribution in [2.24, 2.45) is 0 Å². The van der Waals surface area contributed by atoms with Crippen LogP contribution in [0.3, 0.4) is 0 Å². The quantitative estimate of drug-likeness (QED) is 0.592. The lowest BCUT2D eigenvalue weighted by Crippen LogP contribution is -2.40. The predicted molar refractivity (Wildman–Crippen MR) is 101 cm³/mol. The van der Waals surface area contributed by atoms with Gasteiger partial charge in [0.05, 0.1) is 18.1 Å². The average molecular weight is 420 g/mol. The molecule has 0 bridgehead atoms. The Bertz CT molecular complexity index is 805. The molecule has 0 saturated carbocycles. The molecule has 7 nitrogen and oxygen atoms in total. The van der Waals surface area contributed by atoms with Crippen molar-refractivity contribution in [3.05, 3.63) is 68.2 Å². The van der Waals surface area contributed by atoms with E-state index in [2.05, 4.69) is 21.2 Å². The number of amides is 1. The number of nitro benzene ring substituents is 1. The zero-order valence-electron chi connectivity index (χ0n) is 14.0. The number of hydrogen-bond acceptors (Lipinski definition) is 5. The molecule has 1 aliphatic rings. The summed E-state index contributed by atoms with van der Waals surface area (Å²) >= 11 is 3.37. The first-order valence-corrected chi connectivity index (χ1v) is 8.97. The summed E-state index contributed by atoms with van der Waals surface area (Å²) in [4.78, 5) is 25.1. The molecule has 0 spiro atoms. The fourth-order valence-electron chi connectivity index (χ4n) is 2.71. The third-order valence-electron chi connectivity index (χ3n) is 4.14. The highest BCUT2D eigenvalue weighted by molar-refractivity contribution is 9.10. The summed E-state index contributed by atoms with van der Waals surface area (Å²) in [6.45, 7) is 2.42. The number of rotatable bonds is 5. The molecule has 0 radical (unpaired) electrons. The maximum absolute atomic E-state index is 12.5. The molecule has 136 valence electrons. The number of anilines is 1. The Hall–Kier alpha value is -2.45. The Kier molecular flexibility index (Phi) is 5.85. The first kappa shape index (κ1) is 18.3. The Balaban J connectivity index is 1.76. The molecule has 0 aromatic heterocycles. The molecule has 1 heterocycles. The molecule has 3 rings (SSSR count). The lowest BCUT2D eigenvalue weighted by molar-refractivity contribution is -0.384. The molecule has 26 heavy (non-hydrogen) atoms. The normalized spacial score (nSPS) is 14.1. The highest BCUT2D eigenvalue weighted by Crippen LogP contribution is 2.27. The van der Waals surface area contributed by atoms with Crippen LogP contribution in [0.2, 0.25) is 0 Å². The van der Waals surface area contributed by atoms with E-state index in [1.165, 1.54) is 6.07 Å². The molecule has 1 amide bonds. The van der Waals surface area contributed by atoms with E-state index < -0.39 is 4.92 Å². The molecule has 8 heteroatoms. The van der Waals surface area contributed by atoms with Gasteiger partial charge in [0.15, 0.2) is 0 Å². The first-order chi connectivity index (χ1) is 12.5. The third kappa shape index (κ3) is 4.39. The second-order valence-electron chi connectivity index (χ2n) is 5.87. The summed E-state index contributed by atoms with van der Waals surface area (Å²) in [7, 11) is 0. The van der Waals surface area contributed by atoms with Gasteiger partial charge in [0, 0.05) is 35.7 Å². The molecule has 0 atom stereocenters. The predicted octanol–water partition coefficient (Wildman–Crippen LogP) is 3.44. The number of hydrogen-bond donors (Lipinski definition) is 1. The van der Waals surface area contributed by atoms with Crippen molar-refractivity contribution in [3.63, 3.8) is 0 Å². The summed E-state index contributed by atoms with van der Waals surface area (Å²) in [6, 6.07) is 12.2. The Morgan fingerprint density at radius 1 is 1.19 bits per heavy atom. The van der Waals surface area contributed by atoms with Crippen LogP contribution in [0.5, 0.6) is 0 Å². The van der Waals surface area contributed by atoms with E-state index in [1.54, 1.807) is 17.0 Å². The van der Waals surface area contributed by atoms with Crippen LogP contribution in [-0.4, -0.2) is 42.0 Å². The van der Waals surface area contributed by atoms with E-state index in [0.717, 1.165) is 10.0 Å². The van der Waals surface area contributed by atoms with Gasteiger partial charge >= 0.3 is 0 Å². The van der Waals surface area contributed by atoms with Gasteiger partial charge < -0.3 is 15.0 Å². The van der Waals surface area contributed by atoms with E-state index in [4.69, 9.17) is 4.74 Å². The Morgan fingerprint density at radius 2 is 1.88 bits per heavy atom. The Morgan fingerprint density at radius 3 is 2.54 bits per heavy atom. The van der Waals surface area contributed by atoms with E-state index in [-0.39, 0.29) is 11.6 Å². The molecular weight excluding hydrogens is 402 g/mol. The number of nitrogens with zero attached hydrogens (tertiary/aromatic N) is 2. The molecule has 1 aliphatic heterocycles. The van der Waals surface area contributed by atoms with E-state index >= 15 is 0 Å². The fraction of sp³-hybridized carbons (Fsp3) is 0.278. The van der Waals surface area contributed by atoms with Crippen LogP contribution in [0.25, 0.3) is 0 Å². The number of nitrogens with one attached hydrogen (secondary N) is 1. The van der Waals surface area contributed by atoms with E-state index in [9.17, 15) is 14.9 Å². The standard InChI is InChI=1S/C18H18BrN3O4/c19-15-4-1-13(2-5-15)12-20-16-6-3-14(11-17(16)22(24)25)18(23)21-7-9-26-10-8-21/h1-6,11,20H,7-10,12H2. The van der Waals surface area contributed by atoms with Gasteiger partial charge in [0.25, 0.3) is 11.6 Å². The van der Waals surface area contributed by atoms with Crippen LogP contribution in [0, 0.1) is 10.1 Å². The molecule has 1 saturated heterocycles. The van der Waals surface area contributed by atoms with Crippen molar-refractivity contribution in [1.29, 1.82) is 0 Å². The second kappa shape index (κ2) is 8.29. The molecule has 2 aromatic carbocycles. The Labute approximate surface area is 159 Å². The summed E-state index contributed by atoms with van der Waals surface area (Å²) in [5.74, 6) is -0.212. The van der Waals surface area contributed by atoms with Crippen LogP contribution in [0.15, 0.2) is 46.9 Å². The fourth-order valence-corrected chi connectivity index (χ4v) is 2.98. The van der Waals surface area contributed by atoms with Crippen molar-refractivity contribution < 1.29 is 14.5 Å². The maximum Gasteiger partial charge on any atom is 0.293 e. The van der Waals surface area contributed by atoms with Gasteiger partial charge in [-0.05, 0) is 29.8 Å². The summed E-state index contributed by atoms with van der Waals surface area (Å²) in [6.07, 6.45) is 0. The van der Waals surface area contributed by atoms with E-state index in [1.807, 2.05) is 24.3 Å². The number of benzene rings is 2. The summed E-state index contributed by atoms with van der Waals surface area (Å²) in [5.41, 5.74) is 1.58. The van der Waals surface area contributed by atoms with Crippen molar-refractivity contribution in [1.82, 2.24) is 4.90 Å². The molecule has 2 aromatic rings. The van der Waals surface area contributed by atoms with Gasteiger partial charge in [-0.2, -0.15) is 0 Å². The number of nitro groups is 1. The summed E-state index contributed by atoms with van der Waals surface area (Å²) < 4.78 is 6.20. The zero-order valence-corrected chi connectivity index (χ0v) is 15.6. The number of ether oxygens (including phenoxy) is 1. The zero-order chi connectivity index (χ0) is 18.5. The topological polar surface area (TPSA) is 84.7 Å². The number of carbonyl (C=O) groups excluding carboxylic acids is 1. The van der Waals surface area contributed by atoms with Crippen LogP contribution >= 0.6 is 15.9 Å². The van der Waals surface area contributed by atoms with Crippen LogP contribution in [0.4, 0.5) is 11.4 Å². The van der Waals surface area contributed by atoms with Gasteiger partial charge in [-0.25, -0.2) is 0 Å². The minimum Gasteiger partial charge on any atom is -0.378 e. The average Bonchev–Trinajstić information content (AvgIpc) is 2.67. The largest absolute Gasteiger partial charge is 0.378 e. The highest BCUT2D eigenvalue weighted by atomic mass is 79.9. The third-order valence-corrected chi connectivity index (χ3v) is 4.66. The molecule has 1 fully saturated rings. The van der Waals surface area contributed by atoms with Crippen molar-refractivity contribution >= 4 is 33.2 Å². The minimum absolute atomic E-state index is 0.110. The second-order valence-corrected chi connectivity index (χ2v) is 6.79. The van der Waals surface area contributed by atoms with Crippen LogP contribution in [-0.2, 0) is 11.3 Å². The van der Waals surface area contributed by atoms with Crippen LogP contribution < -0.4 is 5.32 Å². The van der Waals surface area contributed by atoms with Gasteiger partial charge in [0.1, 0.15) is 5.69 Å². The molecule has 0 aliphatic carbocycles. The first-order valence-electron chi connectivity index (χ1n) is 8.18. The van der Waals surface area contributed by atoms with E-state index in [0.29, 0.717) is 44.1 Å². The SMILES string of the molecule is O=C(c1ccc(NCc2ccc(Br)cc2)c([N+](=O)[O-])c1)N1CCOCC1. The van der Waals surface area contributed by atoms with Gasteiger partial charge in [0.2, 0.25) is 0 Å². The molecule has 1 N–H and O–H groups in total. The smallest absolute Gasteiger partial charge is 0.293 e. The summed E-state index contributed by atoms with van der Waals surface area (Å²) in [5, 5.41) is 14.5. The number of morpholine rings is 1. The van der Waals surface area contributed by atoms with Gasteiger partial charge in [-0.1, -0.05) is 28.1 Å². The lowest BCUT2D eigenvalue weighted by Gasteiger charge is -2.26. The maximum atomic E-state index is 12.5. The highest BCUT2D eigenvalue weighted by Gasteiger charge is 2.22. The molecular formula is C18H18BrN3O4. The minimum atomic E-state index is -0.472. The van der Waals surface area contributed by atoms with Crippen molar-refractivity contribution in [3.8, 4) is 0 Å². The van der Waals surface area contributed by atoms with Crippen molar-refractivity contribution in [2.45, 2.75) is 6.54 Å². The van der Waals surface area contributed by atoms with Gasteiger partial charge in [-0.3, -0.25) is 14.9 Å². The van der Waals surface area contributed by atoms with Crippen LogP contribution in [0.1, 0.15) is 15.9 Å². The van der Waals surface area contributed by atoms with Gasteiger partial charge in [-0.15, -0.1) is 0 Å². The number of halogens is 1. The molecule has 0 unspecified atom stereocenters. The lowest BCUT2D eigenvalue weighted by atomic mass is 10.1. The monoisotopic (exact) mass is 419 g/mol.